The second-order valence-electron chi connectivity index (χ2n) is 5.30. The van der Waals surface area contributed by atoms with E-state index in [4.69, 9.17) is 4.74 Å². The average Bonchev–Trinajstić information content (AvgIpc) is 3.07. The monoisotopic (exact) mass is 284 g/mol. The van der Waals surface area contributed by atoms with E-state index in [0.717, 1.165) is 19.5 Å². The summed E-state index contributed by atoms with van der Waals surface area (Å²) in [7, 11) is 1.65. The van der Waals surface area contributed by atoms with Crippen molar-refractivity contribution in [2.24, 2.45) is 0 Å². The van der Waals surface area contributed by atoms with Crippen LogP contribution in [0, 0.1) is 0 Å². The van der Waals surface area contributed by atoms with E-state index < -0.39 is 0 Å². The van der Waals surface area contributed by atoms with Gasteiger partial charge in [-0.25, -0.2) is 4.79 Å². The lowest BCUT2D eigenvalue weighted by molar-refractivity contribution is -0.129. The molecule has 0 aromatic heterocycles. The number of carbonyl (C=O) groups is 2. The summed E-state index contributed by atoms with van der Waals surface area (Å²) in [5.74, 6) is -0.130. The number of hydrogen-bond acceptors (Lipinski definition) is 5. The van der Waals surface area contributed by atoms with E-state index >= 15 is 0 Å². The van der Waals surface area contributed by atoms with E-state index in [-0.39, 0.29) is 18.5 Å². The Morgan fingerprint density at radius 2 is 2.35 bits per heavy atom. The van der Waals surface area contributed by atoms with Gasteiger partial charge >= 0.3 is 6.03 Å². The molecule has 1 unspecified atom stereocenters. The summed E-state index contributed by atoms with van der Waals surface area (Å²) in [6, 6.07) is 0.160. The van der Waals surface area contributed by atoms with Crippen molar-refractivity contribution in [3.63, 3.8) is 0 Å². The van der Waals surface area contributed by atoms with Gasteiger partial charge in [0.15, 0.2) is 0 Å². The molecule has 0 aromatic carbocycles. The zero-order valence-corrected chi connectivity index (χ0v) is 12.1. The average molecular weight is 284 g/mol. The molecule has 0 aliphatic carbocycles. The number of nitrogens with zero attached hydrogens (tertiary/aromatic N) is 2. The molecule has 7 nitrogen and oxygen atoms in total. The summed E-state index contributed by atoms with van der Waals surface area (Å²) in [4.78, 5) is 27.0. The Balaban J connectivity index is 1.84. The smallest absolute Gasteiger partial charge is 0.324 e. The molecule has 2 aliphatic heterocycles. The molecule has 0 spiro atoms. The Hall–Kier alpha value is -1.18. The molecule has 0 saturated carbocycles. The molecule has 114 valence electrons. The van der Waals surface area contributed by atoms with Crippen LogP contribution in [0.2, 0.25) is 0 Å². The third-order valence-electron chi connectivity index (χ3n) is 3.77. The fourth-order valence-electron chi connectivity index (χ4n) is 2.67. The van der Waals surface area contributed by atoms with Crippen molar-refractivity contribution in [3.8, 4) is 0 Å². The first kappa shape index (κ1) is 15.2. The number of hydrogen-bond donors (Lipinski definition) is 2. The summed E-state index contributed by atoms with van der Waals surface area (Å²) >= 11 is 0. The number of nitrogens with one attached hydrogen (secondary N) is 2. The normalized spacial score (nSPS) is 22.6. The van der Waals surface area contributed by atoms with Gasteiger partial charge in [-0.05, 0) is 19.4 Å². The Labute approximate surface area is 119 Å². The molecule has 2 fully saturated rings. The largest absolute Gasteiger partial charge is 0.383 e. The molecular formula is C13H24N4O3. The van der Waals surface area contributed by atoms with Gasteiger partial charge in [-0.2, -0.15) is 0 Å². The van der Waals surface area contributed by atoms with E-state index in [2.05, 4.69) is 15.5 Å². The molecule has 2 rings (SSSR count). The lowest BCUT2D eigenvalue weighted by Crippen LogP contribution is -2.46. The zero-order chi connectivity index (χ0) is 14.4. The minimum absolute atomic E-state index is 0.130. The quantitative estimate of drug-likeness (QED) is 0.643. The van der Waals surface area contributed by atoms with E-state index in [1.54, 1.807) is 7.11 Å². The van der Waals surface area contributed by atoms with Crippen molar-refractivity contribution in [2.75, 3.05) is 53.0 Å². The lowest BCUT2D eigenvalue weighted by Gasteiger charge is -2.26. The maximum atomic E-state index is 12.2. The Morgan fingerprint density at radius 1 is 1.50 bits per heavy atom. The van der Waals surface area contributed by atoms with Gasteiger partial charge < -0.3 is 15.4 Å². The maximum Gasteiger partial charge on any atom is 0.324 e. The molecule has 0 aromatic rings. The van der Waals surface area contributed by atoms with Crippen LogP contribution in [0.15, 0.2) is 0 Å². The number of methoxy groups -OCH3 is 1. The zero-order valence-electron chi connectivity index (χ0n) is 12.1. The van der Waals surface area contributed by atoms with Crippen molar-refractivity contribution in [3.05, 3.63) is 0 Å². The van der Waals surface area contributed by atoms with Gasteiger partial charge in [-0.3, -0.25) is 14.6 Å². The molecule has 3 amide bonds. The number of ether oxygens (including phenoxy) is 1. The van der Waals surface area contributed by atoms with Crippen molar-refractivity contribution >= 4 is 11.9 Å². The predicted molar refractivity (Wildman–Crippen MR) is 74.5 cm³/mol. The highest BCUT2D eigenvalue weighted by atomic mass is 16.5. The minimum Gasteiger partial charge on any atom is -0.383 e. The molecule has 2 N–H and O–H groups in total. The second kappa shape index (κ2) is 7.56. The molecule has 0 bridgehead atoms. The van der Waals surface area contributed by atoms with Crippen LogP contribution in [0.5, 0.6) is 0 Å². The maximum absolute atomic E-state index is 12.2. The van der Waals surface area contributed by atoms with Crippen LogP contribution in [0.25, 0.3) is 0 Å². The van der Waals surface area contributed by atoms with Crippen LogP contribution in [0.1, 0.15) is 12.8 Å². The number of rotatable bonds is 7. The third kappa shape index (κ3) is 4.16. The van der Waals surface area contributed by atoms with E-state index in [0.29, 0.717) is 32.3 Å². The highest BCUT2D eigenvalue weighted by Crippen LogP contribution is 2.08. The van der Waals surface area contributed by atoms with Gasteiger partial charge in [-0.1, -0.05) is 0 Å². The summed E-state index contributed by atoms with van der Waals surface area (Å²) in [5.41, 5.74) is 0. The SMILES string of the molecule is COCCN(CC(=O)N1CCNC1=O)CC1CCCN1. The third-order valence-corrected chi connectivity index (χ3v) is 3.77. The fraction of sp³-hybridized carbons (Fsp3) is 0.846. The van der Waals surface area contributed by atoms with Gasteiger partial charge in [-0.15, -0.1) is 0 Å². The van der Waals surface area contributed by atoms with E-state index in [1.807, 2.05) is 0 Å². The van der Waals surface area contributed by atoms with Gasteiger partial charge in [0.05, 0.1) is 13.2 Å². The van der Waals surface area contributed by atoms with Crippen LogP contribution in [0.3, 0.4) is 0 Å². The summed E-state index contributed by atoms with van der Waals surface area (Å²) < 4.78 is 5.10. The Kier molecular flexibility index (Phi) is 5.75. The van der Waals surface area contributed by atoms with Gasteiger partial charge in [0, 0.05) is 39.3 Å². The first-order valence-electron chi connectivity index (χ1n) is 7.23. The minimum atomic E-state index is -0.277. The standard InChI is InChI=1S/C13H24N4O3/c1-20-8-7-16(9-11-3-2-4-14-11)10-12(18)17-6-5-15-13(17)19/h11,14H,2-10H2,1H3,(H,15,19). The van der Waals surface area contributed by atoms with Gasteiger partial charge in [0.1, 0.15) is 0 Å². The van der Waals surface area contributed by atoms with Gasteiger partial charge in [0.2, 0.25) is 5.91 Å². The molecule has 7 heteroatoms. The van der Waals surface area contributed by atoms with Crippen molar-refractivity contribution in [1.29, 1.82) is 0 Å². The topological polar surface area (TPSA) is 73.9 Å². The van der Waals surface area contributed by atoms with Crippen molar-refractivity contribution in [2.45, 2.75) is 18.9 Å². The Bertz CT molecular complexity index is 345. The van der Waals surface area contributed by atoms with Crippen molar-refractivity contribution < 1.29 is 14.3 Å². The molecule has 0 radical (unpaired) electrons. The van der Waals surface area contributed by atoms with Crippen LogP contribution in [0.4, 0.5) is 4.79 Å². The first-order valence-corrected chi connectivity index (χ1v) is 7.23. The van der Waals surface area contributed by atoms with Crippen LogP contribution in [-0.4, -0.2) is 80.8 Å². The number of imide groups is 1. The second-order valence-corrected chi connectivity index (χ2v) is 5.30. The number of amides is 3. The Morgan fingerprint density at radius 3 is 2.95 bits per heavy atom. The highest BCUT2D eigenvalue weighted by molar-refractivity contribution is 5.96. The summed E-state index contributed by atoms with van der Waals surface area (Å²) in [6.07, 6.45) is 2.33. The molecule has 2 saturated heterocycles. The molecule has 20 heavy (non-hydrogen) atoms. The highest BCUT2D eigenvalue weighted by Gasteiger charge is 2.28. The summed E-state index contributed by atoms with van der Waals surface area (Å²) in [6.45, 7) is 4.46. The number of carbonyl (C=O) groups excluding carboxylic acids is 2. The molecule has 1 atom stereocenters. The fourth-order valence-corrected chi connectivity index (χ4v) is 2.67. The van der Waals surface area contributed by atoms with Crippen LogP contribution in [-0.2, 0) is 9.53 Å². The number of urea groups is 1. The van der Waals surface area contributed by atoms with Crippen molar-refractivity contribution in [1.82, 2.24) is 20.4 Å². The van der Waals surface area contributed by atoms with E-state index in [9.17, 15) is 9.59 Å². The molecule has 2 heterocycles. The lowest BCUT2D eigenvalue weighted by atomic mass is 10.2. The van der Waals surface area contributed by atoms with Crippen LogP contribution >= 0.6 is 0 Å². The molecular weight excluding hydrogens is 260 g/mol. The predicted octanol–water partition coefficient (Wildman–Crippen LogP) is -0.761. The first-order chi connectivity index (χ1) is 9.70. The summed E-state index contributed by atoms with van der Waals surface area (Å²) in [5, 5.41) is 6.08. The van der Waals surface area contributed by atoms with Gasteiger partial charge in [0.25, 0.3) is 0 Å². The van der Waals surface area contributed by atoms with E-state index in [1.165, 1.54) is 11.3 Å². The molecule has 2 aliphatic rings. The van der Waals surface area contributed by atoms with Crippen LogP contribution < -0.4 is 10.6 Å².